The van der Waals surface area contributed by atoms with E-state index in [1.807, 2.05) is 18.2 Å². The molecule has 2 amide bonds. The summed E-state index contributed by atoms with van der Waals surface area (Å²) in [5.41, 5.74) is 0.785. The van der Waals surface area contributed by atoms with Crippen molar-refractivity contribution < 1.29 is 23.6 Å². The van der Waals surface area contributed by atoms with Gasteiger partial charge >= 0.3 is 0 Å². The van der Waals surface area contributed by atoms with Crippen molar-refractivity contribution in [3.05, 3.63) is 24.1 Å². The Morgan fingerprint density at radius 1 is 1.17 bits per heavy atom. The van der Waals surface area contributed by atoms with Gasteiger partial charge in [-0.15, -0.1) is 0 Å². The molecule has 2 aliphatic heterocycles. The predicted molar refractivity (Wildman–Crippen MR) is 103 cm³/mol. The summed E-state index contributed by atoms with van der Waals surface area (Å²) in [5, 5.41) is 6.97. The van der Waals surface area contributed by atoms with Crippen LogP contribution in [0.1, 0.15) is 31.1 Å². The van der Waals surface area contributed by atoms with Crippen molar-refractivity contribution in [2.45, 2.75) is 25.2 Å². The number of nitrogens with one attached hydrogen (secondary N) is 1. The van der Waals surface area contributed by atoms with Gasteiger partial charge in [-0.25, -0.2) is 0 Å². The third kappa shape index (κ3) is 2.75. The third-order valence-corrected chi connectivity index (χ3v) is 6.91. The number of piperazine rings is 1. The topological polar surface area (TPSA) is 107 Å². The normalized spacial score (nSPS) is 29.3. The van der Waals surface area contributed by atoms with Gasteiger partial charge in [-0.1, -0.05) is 5.16 Å². The lowest BCUT2D eigenvalue weighted by Gasteiger charge is -2.34. The molecule has 1 saturated heterocycles. The first kappa shape index (κ1) is 17.7. The van der Waals surface area contributed by atoms with Gasteiger partial charge in [0.1, 0.15) is 0 Å². The van der Waals surface area contributed by atoms with E-state index in [1.54, 1.807) is 4.90 Å². The molecule has 9 heteroatoms. The quantitative estimate of drug-likeness (QED) is 0.818. The molecule has 156 valence electrons. The van der Waals surface area contributed by atoms with Crippen molar-refractivity contribution in [1.29, 1.82) is 0 Å². The minimum Gasteiger partial charge on any atom is -0.454 e. The molecule has 3 fully saturated rings. The van der Waals surface area contributed by atoms with E-state index in [0.29, 0.717) is 48.1 Å². The molecular weight excluding hydrogens is 388 g/mol. The molecule has 0 spiro atoms. The zero-order valence-corrected chi connectivity index (χ0v) is 16.4. The van der Waals surface area contributed by atoms with Gasteiger partial charge < -0.3 is 24.2 Å². The van der Waals surface area contributed by atoms with Gasteiger partial charge in [-0.3, -0.25) is 9.59 Å². The lowest BCUT2D eigenvalue weighted by molar-refractivity contribution is -0.143. The van der Waals surface area contributed by atoms with E-state index in [-0.39, 0.29) is 37.0 Å². The van der Waals surface area contributed by atoms with Crippen LogP contribution in [0.25, 0.3) is 11.4 Å². The fraction of sp³-hybridized carbons (Fsp3) is 0.524. The Bertz CT molecular complexity index is 1020. The number of amides is 2. The molecular formula is C21H22N4O5. The predicted octanol–water partition coefficient (Wildman–Crippen LogP) is 1.55. The number of rotatable bonds is 3. The third-order valence-electron chi connectivity index (χ3n) is 6.91. The number of aromatic nitrogens is 2. The Balaban J connectivity index is 1.29. The first-order valence-electron chi connectivity index (χ1n) is 10.5. The average Bonchev–Trinajstić information content (AvgIpc) is 3.55. The molecule has 30 heavy (non-hydrogen) atoms. The highest BCUT2D eigenvalue weighted by atomic mass is 16.7. The Labute approximate surface area is 172 Å². The van der Waals surface area contributed by atoms with Crippen LogP contribution < -0.4 is 14.8 Å². The molecule has 6 rings (SSSR count). The fourth-order valence-electron chi connectivity index (χ4n) is 5.56. The van der Waals surface area contributed by atoms with Gasteiger partial charge in [0.2, 0.25) is 30.3 Å². The SMILES string of the molecule is O=C1CN(C(=O)[C@H]2[C@H]3CC[C@H](C3)[C@@H]2c2nc(-c3ccc4c(c3)OCO4)no2)CCN1. The molecule has 2 aliphatic carbocycles. The summed E-state index contributed by atoms with van der Waals surface area (Å²) in [7, 11) is 0. The fourth-order valence-corrected chi connectivity index (χ4v) is 5.56. The Kier molecular flexibility index (Phi) is 3.97. The first-order valence-corrected chi connectivity index (χ1v) is 10.5. The highest BCUT2D eigenvalue weighted by molar-refractivity contribution is 5.88. The summed E-state index contributed by atoms with van der Waals surface area (Å²) < 4.78 is 16.5. The second-order valence-electron chi connectivity index (χ2n) is 8.52. The second kappa shape index (κ2) is 6.72. The van der Waals surface area contributed by atoms with Crippen molar-refractivity contribution in [3.63, 3.8) is 0 Å². The highest BCUT2D eigenvalue weighted by Crippen LogP contribution is 2.57. The van der Waals surface area contributed by atoms with E-state index in [4.69, 9.17) is 14.0 Å². The number of nitrogens with zero attached hydrogens (tertiary/aromatic N) is 3. The number of hydrogen-bond acceptors (Lipinski definition) is 7. The Morgan fingerprint density at radius 2 is 2.03 bits per heavy atom. The standard InChI is InChI=1S/C21H22N4O5/c26-16-9-25(6-5-22-16)21(27)18-12-2-1-11(7-12)17(18)20-23-19(24-30-20)13-3-4-14-15(8-13)29-10-28-14/h3-4,8,11-12,17-18H,1-2,5-7,9-10H2,(H,22,26)/t11-,12+,17+,18+/m1/s1. The average molecular weight is 410 g/mol. The molecule has 2 aromatic rings. The van der Waals surface area contributed by atoms with Crippen LogP contribution in [0, 0.1) is 17.8 Å². The second-order valence-corrected chi connectivity index (χ2v) is 8.52. The van der Waals surface area contributed by atoms with Crippen LogP contribution >= 0.6 is 0 Å². The summed E-state index contributed by atoms with van der Waals surface area (Å²) in [5.74, 6) is 2.72. The van der Waals surface area contributed by atoms with Crippen LogP contribution in [0.5, 0.6) is 11.5 Å². The molecule has 4 aliphatic rings. The van der Waals surface area contributed by atoms with Gasteiger partial charge in [-0.05, 0) is 49.3 Å². The zero-order valence-electron chi connectivity index (χ0n) is 16.4. The number of hydrogen-bond donors (Lipinski definition) is 1. The van der Waals surface area contributed by atoms with Crippen molar-refractivity contribution in [3.8, 4) is 22.9 Å². The Hall–Kier alpha value is -3.10. The maximum atomic E-state index is 13.3. The van der Waals surface area contributed by atoms with Crippen LogP contribution in [0.15, 0.2) is 22.7 Å². The minimum atomic E-state index is -0.195. The van der Waals surface area contributed by atoms with Crippen molar-refractivity contribution >= 4 is 11.8 Å². The van der Waals surface area contributed by atoms with E-state index >= 15 is 0 Å². The maximum Gasteiger partial charge on any atom is 0.239 e. The lowest BCUT2D eigenvalue weighted by Crippen LogP contribution is -2.52. The Morgan fingerprint density at radius 3 is 2.93 bits per heavy atom. The maximum absolute atomic E-state index is 13.3. The number of carbonyl (C=O) groups is 2. The van der Waals surface area contributed by atoms with E-state index in [2.05, 4.69) is 15.5 Å². The van der Waals surface area contributed by atoms with E-state index in [0.717, 1.165) is 24.8 Å². The number of carbonyl (C=O) groups excluding carboxylic acids is 2. The van der Waals surface area contributed by atoms with Gasteiger partial charge in [0, 0.05) is 18.7 Å². The van der Waals surface area contributed by atoms with Crippen molar-refractivity contribution in [1.82, 2.24) is 20.4 Å². The summed E-state index contributed by atoms with van der Waals surface area (Å²) in [4.78, 5) is 31.5. The molecule has 2 saturated carbocycles. The zero-order chi connectivity index (χ0) is 20.2. The molecule has 0 unspecified atom stereocenters. The first-order chi connectivity index (χ1) is 14.7. The molecule has 3 heterocycles. The van der Waals surface area contributed by atoms with E-state index in [1.165, 1.54) is 0 Å². The van der Waals surface area contributed by atoms with Crippen LogP contribution in [0.4, 0.5) is 0 Å². The van der Waals surface area contributed by atoms with E-state index in [9.17, 15) is 9.59 Å². The van der Waals surface area contributed by atoms with Gasteiger partial charge in [0.25, 0.3) is 0 Å². The molecule has 4 atom stereocenters. The molecule has 9 nitrogen and oxygen atoms in total. The van der Waals surface area contributed by atoms with Crippen LogP contribution in [-0.4, -0.2) is 53.3 Å². The molecule has 1 N–H and O–H groups in total. The van der Waals surface area contributed by atoms with Gasteiger partial charge in [0.05, 0.1) is 18.4 Å². The van der Waals surface area contributed by atoms with E-state index < -0.39 is 0 Å². The van der Waals surface area contributed by atoms with Crippen LogP contribution in [0.3, 0.4) is 0 Å². The monoisotopic (exact) mass is 410 g/mol. The number of ether oxygens (including phenoxy) is 2. The number of benzene rings is 1. The summed E-state index contributed by atoms with van der Waals surface area (Å²) in [6, 6.07) is 5.55. The highest BCUT2D eigenvalue weighted by Gasteiger charge is 2.54. The molecule has 2 bridgehead atoms. The molecule has 0 radical (unpaired) electrons. The molecule has 1 aromatic heterocycles. The van der Waals surface area contributed by atoms with Crippen molar-refractivity contribution in [2.24, 2.45) is 17.8 Å². The van der Waals surface area contributed by atoms with Gasteiger partial charge in [0.15, 0.2) is 11.5 Å². The summed E-state index contributed by atoms with van der Waals surface area (Å²) >= 11 is 0. The molecule has 1 aromatic carbocycles. The summed E-state index contributed by atoms with van der Waals surface area (Å²) in [6.45, 7) is 1.40. The smallest absolute Gasteiger partial charge is 0.239 e. The van der Waals surface area contributed by atoms with Gasteiger partial charge in [-0.2, -0.15) is 4.98 Å². The minimum absolute atomic E-state index is 0.0462. The van der Waals surface area contributed by atoms with Crippen LogP contribution in [-0.2, 0) is 9.59 Å². The van der Waals surface area contributed by atoms with Crippen LogP contribution in [0.2, 0.25) is 0 Å². The summed E-state index contributed by atoms with van der Waals surface area (Å²) in [6.07, 6.45) is 3.12. The lowest BCUT2D eigenvalue weighted by atomic mass is 9.78. The largest absolute Gasteiger partial charge is 0.454 e. The van der Waals surface area contributed by atoms with Crippen molar-refractivity contribution in [2.75, 3.05) is 26.4 Å². The number of fused-ring (bicyclic) bond motifs is 3.